The predicted molar refractivity (Wildman–Crippen MR) is 46.0 cm³/mol. The Labute approximate surface area is 71.5 Å². The minimum atomic E-state index is -0.724. The van der Waals surface area contributed by atoms with Gasteiger partial charge in [-0.1, -0.05) is 12.1 Å². The molecule has 0 aliphatic heterocycles. The molecule has 12 heavy (non-hydrogen) atoms. The zero-order valence-electron chi connectivity index (χ0n) is 7.04. The molecule has 1 aromatic rings. The number of aryl methyl sites for hydroxylation is 1. The number of aromatic hydroxyl groups is 1. The second-order valence-electron chi connectivity index (χ2n) is 3.55. The third-order valence-electron chi connectivity index (χ3n) is 2.38. The minimum Gasteiger partial charge on any atom is -0.508 e. The fourth-order valence-corrected chi connectivity index (χ4v) is 1.42. The van der Waals surface area contributed by atoms with Crippen molar-refractivity contribution in [2.75, 3.05) is 0 Å². The summed E-state index contributed by atoms with van der Waals surface area (Å²) in [5.74, 6) is 0.218. The molecular formula is C10H12O2. The lowest BCUT2D eigenvalue weighted by Crippen LogP contribution is -2.04. The highest BCUT2D eigenvalue weighted by atomic mass is 16.3. The van der Waals surface area contributed by atoms with E-state index < -0.39 is 5.60 Å². The summed E-state index contributed by atoms with van der Waals surface area (Å²) in [5, 5.41) is 19.2. The smallest absolute Gasteiger partial charge is 0.121 e. The van der Waals surface area contributed by atoms with E-state index in [-0.39, 0.29) is 5.75 Å². The Morgan fingerprint density at radius 1 is 1.33 bits per heavy atom. The topological polar surface area (TPSA) is 40.5 Å². The number of phenols is 1. The first-order chi connectivity index (χ1) is 5.62. The summed E-state index contributed by atoms with van der Waals surface area (Å²) in [5.41, 5.74) is 0.964. The van der Waals surface area contributed by atoms with Gasteiger partial charge in [-0.05, 0) is 31.4 Å². The van der Waals surface area contributed by atoms with Crippen molar-refractivity contribution < 1.29 is 10.2 Å². The molecule has 0 radical (unpaired) electrons. The van der Waals surface area contributed by atoms with Crippen LogP contribution in [0.2, 0.25) is 0 Å². The summed E-state index contributed by atoms with van der Waals surface area (Å²) in [6.07, 6.45) is 1.53. The van der Waals surface area contributed by atoms with Crippen molar-refractivity contribution in [1.82, 2.24) is 0 Å². The lowest BCUT2D eigenvalue weighted by Gasteiger charge is -2.10. The van der Waals surface area contributed by atoms with Crippen LogP contribution in [0.3, 0.4) is 0 Å². The average molecular weight is 164 g/mol. The molecule has 2 heteroatoms. The summed E-state index contributed by atoms with van der Waals surface area (Å²) in [7, 11) is 0. The fraction of sp³-hybridized carbons (Fsp3) is 0.400. The number of hydrogen-bond acceptors (Lipinski definition) is 2. The van der Waals surface area contributed by atoms with Gasteiger partial charge in [-0.3, -0.25) is 0 Å². The third kappa shape index (κ3) is 1.08. The highest BCUT2D eigenvalue weighted by Crippen LogP contribution is 2.48. The van der Waals surface area contributed by atoms with Crippen LogP contribution in [0, 0.1) is 6.92 Å². The van der Waals surface area contributed by atoms with Crippen molar-refractivity contribution in [3.8, 4) is 5.75 Å². The number of phenolic OH excluding ortho intramolecular Hbond substituents is 1. The number of aliphatic hydroxyl groups is 1. The Balaban J connectivity index is 2.45. The summed E-state index contributed by atoms with van der Waals surface area (Å²) >= 11 is 0. The molecule has 0 atom stereocenters. The molecule has 2 rings (SSSR count). The Hall–Kier alpha value is -1.02. The largest absolute Gasteiger partial charge is 0.508 e. The predicted octanol–water partition coefficient (Wildman–Crippen LogP) is 1.68. The standard InChI is InChI=1S/C10H12O2/c1-7-2-3-8(9(11)6-7)10(12)4-5-10/h2-3,6,11-12H,4-5H2,1H3. The Kier molecular flexibility index (Phi) is 1.42. The van der Waals surface area contributed by atoms with Crippen molar-refractivity contribution in [1.29, 1.82) is 0 Å². The highest BCUT2D eigenvalue weighted by Gasteiger charge is 2.43. The molecule has 1 aromatic carbocycles. The van der Waals surface area contributed by atoms with Crippen LogP contribution >= 0.6 is 0 Å². The van der Waals surface area contributed by atoms with E-state index in [0.717, 1.165) is 18.4 Å². The van der Waals surface area contributed by atoms with Crippen LogP contribution in [0.15, 0.2) is 18.2 Å². The van der Waals surface area contributed by atoms with E-state index in [0.29, 0.717) is 5.56 Å². The maximum atomic E-state index is 9.71. The van der Waals surface area contributed by atoms with E-state index in [1.165, 1.54) is 0 Å². The van der Waals surface area contributed by atoms with Crippen molar-refractivity contribution >= 4 is 0 Å². The maximum absolute atomic E-state index is 9.71. The normalized spacial score (nSPS) is 19.2. The minimum absolute atomic E-state index is 0.218. The lowest BCUT2D eigenvalue weighted by atomic mass is 10.0. The fourth-order valence-electron chi connectivity index (χ4n) is 1.42. The van der Waals surface area contributed by atoms with Gasteiger partial charge in [0, 0.05) is 5.56 Å². The molecule has 0 spiro atoms. The highest BCUT2D eigenvalue weighted by molar-refractivity contribution is 5.42. The van der Waals surface area contributed by atoms with E-state index in [1.54, 1.807) is 12.1 Å². The van der Waals surface area contributed by atoms with Crippen LogP contribution in [0.4, 0.5) is 0 Å². The summed E-state index contributed by atoms with van der Waals surface area (Å²) < 4.78 is 0. The zero-order chi connectivity index (χ0) is 8.77. The third-order valence-corrected chi connectivity index (χ3v) is 2.38. The van der Waals surface area contributed by atoms with Gasteiger partial charge < -0.3 is 10.2 Å². The van der Waals surface area contributed by atoms with Crippen molar-refractivity contribution in [2.24, 2.45) is 0 Å². The first-order valence-corrected chi connectivity index (χ1v) is 4.14. The molecule has 2 nitrogen and oxygen atoms in total. The monoisotopic (exact) mass is 164 g/mol. The van der Waals surface area contributed by atoms with Crippen molar-refractivity contribution in [3.63, 3.8) is 0 Å². The van der Waals surface area contributed by atoms with Crippen LogP contribution in [0.1, 0.15) is 24.0 Å². The van der Waals surface area contributed by atoms with Crippen molar-refractivity contribution in [3.05, 3.63) is 29.3 Å². The first-order valence-electron chi connectivity index (χ1n) is 4.14. The number of rotatable bonds is 1. The van der Waals surface area contributed by atoms with Crippen LogP contribution in [-0.2, 0) is 5.60 Å². The molecule has 0 heterocycles. The van der Waals surface area contributed by atoms with Crippen LogP contribution in [0.5, 0.6) is 5.75 Å². The van der Waals surface area contributed by atoms with Gasteiger partial charge in [0.15, 0.2) is 0 Å². The molecule has 0 saturated heterocycles. The quantitative estimate of drug-likeness (QED) is 0.663. The average Bonchev–Trinajstić information content (AvgIpc) is 2.68. The van der Waals surface area contributed by atoms with Crippen molar-refractivity contribution in [2.45, 2.75) is 25.4 Å². The van der Waals surface area contributed by atoms with E-state index >= 15 is 0 Å². The molecule has 1 aliphatic rings. The molecule has 0 bridgehead atoms. The molecule has 2 N–H and O–H groups in total. The van der Waals surface area contributed by atoms with E-state index in [2.05, 4.69) is 0 Å². The first kappa shape index (κ1) is 7.62. The molecule has 1 aliphatic carbocycles. The summed E-state index contributed by atoms with van der Waals surface area (Å²) in [6.45, 7) is 1.92. The molecule has 0 unspecified atom stereocenters. The molecular weight excluding hydrogens is 152 g/mol. The number of hydrogen-bond donors (Lipinski definition) is 2. The second kappa shape index (κ2) is 2.23. The van der Waals surface area contributed by atoms with E-state index in [9.17, 15) is 10.2 Å². The SMILES string of the molecule is Cc1ccc(C2(O)CC2)c(O)c1. The Morgan fingerprint density at radius 2 is 2.00 bits per heavy atom. The van der Waals surface area contributed by atoms with Gasteiger partial charge >= 0.3 is 0 Å². The van der Waals surface area contributed by atoms with Gasteiger partial charge in [0.1, 0.15) is 5.75 Å². The van der Waals surface area contributed by atoms with Gasteiger partial charge in [0.2, 0.25) is 0 Å². The van der Waals surface area contributed by atoms with E-state index in [1.807, 2.05) is 13.0 Å². The Morgan fingerprint density at radius 3 is 2.50 bits per heavy atom. The van der Waals surface area contributed by atoms with Crippen LogP contribution in [-0.4, -0.2) is 10.2 Å². The molecule has 64 valence electrons. The number of benzene rings is 1. The van der Waals surface area contributed by atoms with Crippen LogP contribution in [0.25, 0.3) is 0 Å². The summed E-state index contributed by atoms with van der Waals surface area (Å²) in [4.78, 5) is 0. The lowest BCUT2D eigenvalue weighted by molar-refractivity contribution is 0.148. The van der Waals surface area contributed by atoms with Gasteiger partial charge in [-0.25, -0.2) is 0 Å². The molecule has 1 fully saturated rings. The molecule has 1 saturated carbocycles. The van der Waals surface area contributed by atoms with Gasteiger partial charge in [0.05, 0.1) is 5.60 Å². The summed E-state index contributed by atoms with van der Waals surface area (Å²) in [6, 6.07) is 5.40. The molecule has 0 amide bonds. The zero-order valence-corrected chi connectivity index (χ0v) is 7.04. The van der Waals surface area contributed by atoms with Gasteiger partial charge in [-0.2, -0.15) is 0 Å². The van der Waals surface area contributed by atoms with Gasteiger partial charge in [0.25, 0.3) is 0 Å². The maximum Gasteiger partial charge on any atom is 0.121 e. The van der Waals surface area contributed by atoms with Gasteiger partial charge in [-0.15, -0.1) is 0 Å². The Bertz CT molecular complexity index is 314. The van der Waals surface area contributed by atoms with E-state index in [4.69, 9.17) is 0 Å². The molecule has 0 aromatic heterocycles. The van der Waals surface area contributed by atoms with Crippen LogP contribution < -0.4 is 0 Å². The second-order valence-corrected chi connectivity index (χ2v) is 3.55.